The van der Waals surface area contributed by atoms with Crippen molar-refractivity contribution < 1.29 is 4.79 Å². The first-order valence-corrected chi connectivity index (χ1v) is 7.38. The van der Waals surface area contributed by atoms with Crippen molar-refractivity contribution >= 4 is 17.5 Å². The van der Waals surface area contributed by atoms with Crippen molar-refractivity contribution in [1.29, 1.82) is 0 Å². The van der Waals surface area contributed by atoms with Crippen molar-refractivity contribution in [3.63, 3.8) is 0 Å². The summed E-state index contributed by atoms with van der Waals surface area (Å²) < 4.78 is 0. The van der Waals surface area contributed by atoms with Crippen LogP contribution in [0.2, 0.25) is 0 Å². The summed E-state index contributed by atoms with van der Waals surface area (Å²) in [6, 6.07) is 0.277. The third-order valence-corrected chi connectivity index (χ3v) is 4.51. The van der Waals surface area contributed by atoms with Gasteiger partial charge in [0.15, 0.2) is 0 Å². The fourth-order valence-corrected chi connectivity index (χ4v) is 3.51. The van der Waals surface area contributed by atoms with E-state index in [0.717, 1.165) is 12.8 Å². The van der Waals surface area contributed by atoms with Crippen molar-refractivity contribution in [3.05, 3.63) is 0 Å². The summed E-state index contributed by atoms with van der Waals surface area (Å²) in [6.07, 6.45) is 3.33. The molecule has 0 radical (unpaired) electrons. The fourth-order valence-electron chi connectivity index (χ4n) is 3.39. The van der Waals surface area contributed by atoms with Gasteiger partial charge in [0.2, 0.25) is 5.91 Å². The summed E-state index contributed by atoms with van der Waals surface area (Å²) in [5, 5.41) is 3.20. The quantitative estimate of drug-likeness (QED) is 0.775. The van der Waals surface area contributed by atoms with E-state index >= 15 is 0 Å². The van der Waals surface area contributed by atoms with Gasteiger partial charge in [-0.25, -0.2) is 0 Å². The van der Waals surface area contributed by atoms with E-state index in [2.05, 4.69) is 33.0 Å². The molecular weight excluding hydrogens is 246 g/mol. The number of rotatable bonds is 3. The number of hydrogen-bond donors (Lipinski definition) is 1. The minimum Gasteiger partial charge on any atom is -0.353 e. The minimum atomic E-state index is -0.479. The number of alkyl halides is 1. The third kappa shape index (κ3) is 4.15. The zero-order valence-electron chi connectivity index (χ0n) is 12.7. The molecule has 0 atom stereocenters. The summed E-state index contributed by atoms with van der Waals surface area (Å²) in [5.74, 6) is 0.439. The van der Waals surface area contributed by atoms with E-state index in [9.17, 15) is 4.79 Å². The number of nitrogens with one attached hydrogen (secondary N) is 1. The topological polar surface area (TPSA) is 29.1 Å². The molecular formula is C15H28ClNO. The number of halogens is 1. The molecule has 0 aromatic heterocycles. The van der Waals surface area contributed by atoms with Gasteiger partial charge in [-0.3, -0.25) is 4.79 Å². The van der Waals surface area contributed by atoms with Crippen molar-refractivity contribution in [2.24, 2.45) is 16.2 Å². The fraction of sp³-hybridized carbons (Fsp3) is 0.933. The van der Waals surface area contributed by atoms with E-state index in [-0.39, 0.29) is 11.9 Å². The lowest BCUT2D eigenvalue weighted by Crippen LogP contribution is -2.49. The standard InChI is InChI=1S/C15H28ClNO/c1-13(2)7-11(8-14(3,4)9-13)17-12(18)15(5,6)10-16/h11H,7-10H2,1-6H3,(H,17,18). The Bertz CT molecular complexity index is 304. The summed E-state index contributed by atoms with van der Waals surface area (Å²) in [5.41, 5.74) is 0.114. The van der Waals surface area contributed by atoms with E-state index in [1.807, 2.05) is 13.8 Å². The number of carbonyl (C=O) groups is 1. The highest BCUT2D eigenvalue weighted by molar-refractivity contribution is 6.19. The second-order valence-corrected chi connectivity index (χ2v) is 8.37. The molecule has 106 valence electrons. The molecule has 1 N–H and O–H groups in total. The van der Waals surface area contributed by atoms with Crippen LogP contribution in [0.25, 0.3) is 0 Å². The lowest BCUT2D eigenvalue weighted by molar-refractivity contribution is -0.129. The molecule has 0 aromatic carbocycles. The molecule has 1 fully saturated rings. The predicted octanol–water partition coefficient (Wildman–Crippen LogP) is 3.97. The average molecular weight is 274 g/mol. The van der Waals surface area contributed by atoms with Gasteiger partial charge in [-0.15, -0.1) is 11.6 Å². The second-order valence-electron chi connectivity index (χ2n) is 8.10. The Morgan fingerprint density at radius 2 is 1.67 bits per heavy atom. The smallest absolute Gasteiger partial charge is 0.227 e. The first-order valence-electron chi connectivity index (χ1n) is 6.84. The Morgan fingerprint density at radius 1 is 1.22 bits per heavy atom. The normalized spacial score (nSPS) is 23.7. The van der Waals surface area contributed by atoms with Crippen molar-refractivity contribution in [3.8, 4) is 0 Å². The number of carbonyl (C=O) groups excluding carboxylic acids is 1. The van der Waals surface area contributed by atoms with Crippen LogP contribution in [0.15, 0.2) is 0 Å². The molecule has 2 nitrogen and oxygen atoms in total. The van der Waals surface area contributed by atoms with Gasteiger partial charge in [-0.05, 0) is 43.9 Å². The Morgan fingerprint density at radius 3 is 2.06 bits per heavy atom. The molecule has 0 bridgehead atoms. The predicted molar refractivity (Wildman–Crippen MR) is 77.8 cm³/mol. The Balaban J connectivity index is 2.71. The van der Waals surface area contributed by atoms with Crippen LogP contribution in [0.1, 0.15) is 60.8 Å². The van der Waals surface area contributed by atoms with Crippen molar-refractivity contribution in [1.82, 2.24) is 5.32 Å². The van der Waals surface area contributed by atoms with E-state index in [0.29, 0.717) is 16.7 Å². The maximum absolute atomic E-state index is 12.2. The van der Waals surface area contributed by atoms with Gasteiger partial charge in [0.1, 0.15) is 0 Å². The highest BCUT2D eigenvalue weighted by Gasteiger charge is 2.40. The lowest BCUT2D eigenvalue weighted by Gasteiger charge is -2.45. The van der Waals surface area contributed by atoms with Gasteiger partial charge in [-0.1, -0.05) is 27.7 Å². The van der Waals surface area contributed by atoms with Crippen LogP contribution in [-0.2, 0) is 4.79 Å². The molecule has 1 aliphatic rings. The summed E-state index contributed by atoms with van der Waals surface area (Å²) in [4.78, 5) is 12.2. The molecule has 0 saturated heterocycles. The van der Waals surface area contributed by atoms with Gasteiger partial charge in [0.25, 0.3) is 0 Å². The molecule has 18 heavy (non-hydrogen) atoms. The molecule has 0 spiro atoms. The Hall–Kier alpha value is -0.240. The molecule has 3 heteroatoms. The lowest BCUT2D eigenvalue weighted by atomic mass is 9.63. The van der Waals surface area contributed by atoms with E-state index < -0.39 is 5.41 Å². The van der Waals surface area contributed by atoms with Crippen LogP contribution in [0.3, 0.4) is 0 Å². The van der Waals surface area contributed by atoms with Crippen LogP contribution in [-0.4, -0.2) is 17.8 Å². The molecule has 1 saturated carbocycles. The molecule has 0 aliphatic heterocycles. The van der Waals surface area contributed by atoms with E-state index in [1.165, 1.54) is 6.42 Å². The number of hydrogen-bond acceptors (Lipinski definition) is 1. The SMILES string of the molecule is CC1(C)CC(NC(=O)C(C)(C)CCl)CC(C)(C)C1. The van der Waals surface area contributed by atoms with Crippen LogP contribution in [0, 0.1) is 16.2 Å². The third-order valence-electron chi connectivity index (χ3n) is 3.84. The molecule has 0 heterocycles. The monoisotopic (exact) mass is 273 g/mol. The average Bonchev–Trinajstić information content (AvgIpc) is 2.12. The van der Waals surface area contributed by atoms with E-state index in [1.54, 1.807) is 0 Å². The zero-order chi connectivity index (χ0) is 14.2. The molecule has 0 aromatic rings. The second kappa shape index (κ2) is 5.03. The minimum absolute atomic E-state index is 0.0796. The first-order chi connectivity index (χ1) is 7.97. The van der Waals surface area contributed by atoms with Crippen molar-refractivity contribution in [2.45, 2.75) is 66.8 Å². The highest BCUT2D eigenvalue weighted by Crippen LogP contribution is 2.45. The largest absolute Gasteiger partial charge is 0.353 e. The molecule has 0 unspecified atom stereocenters. The van der Waals surface area contributed by atoms with Crippen LogP contribution >= 0.6 is 11.6 Å². The van der Waals surface area contributed by atoms with Gasteiger partial charge in [0.05, 0.1) is 5.41 Å². The van der Waals surface area contributed by atoms with Crippen molar-refractivity contribution in [2.75, 3.05) is 5.88 Å². The zero-order valence-corrected chi connectivity index (χ0v) is 13.4. The summed E-state index contributed by atoms with van der Waals surface area (Å²) in [6.45, 7) is 13.0. The number of amides is 1. The first kappa shape index (κ1) is 15.8. The molecule has 1 amide bonds. The Labute approximate surface area is 117 Å². The van der Waals surface area contributed by atoms with E-state index in [4.69, 9.17) is 11.6 Å². The van der Waals surface area contributed by atoms with Gasteiger partial charge >= 0.3 is 0 Å². The van der Waals surface area contributed by atoms with Crippen LogP contribution < -0.4 is 5.32 Å². The van der Waals surface area contributed by atoms with Gasteiger partial charge < -0.3 is 5.32 Å². The maximum Gasteiger partial charge on any atom is 0.227 e. The van der Waals surface area contributed by atoms with Crippen LogP contribution in [0.4, 0.5) is 0 Å². The Kier molecular flexibility index (Phi) is 4.42. The maximum atomic E-state index is 12.2. The molecule has 1 aliphatic carbocycles. The van der Waals surface area contributed by atoms with Crippen LogP contribution in [0.5, 0.6) is 0 Å². The van der Waals surface area contributed by atoms with Gasteiger partial charge in [-0.2, -0.15) is 0 Å². The highest BCUT2D eigenvalue weighted by atomic mass is 35.5. The summed E-state index contributed by atoms with van der Waals surface area (Å²) >= 11 is 5.86. The summed E-state index contributed by atoms with van der Waals surface area (Å²) in [7, 11) is 0. The van der Waals surface area contributed by atoms with Gasteiger partial charge in [0, 0.05) is 11.9 Å². The molecule has 1 rings (SSSR count).